The Bertz CT molecular complexity index is 525. The molecule has 0 fully saturated rings. The van der Waals surface area contributed by atoms with Crippen molar-refractivity contribution in [1.82, 2.24) is 5.32 Å². The average Bonchev–Trinajstić information content (AvgIpc) is 2.96. The molecule has 0 aliphatic rings. The molecule has 1 heterocycles. The van der Waals surface area contributed by atoms with E-state index in [1.165, 1.54) is 0 Å². The van der Waals surface area contributed by atoms with Crippen LogP contribution >= 0.6 is 11.3 Å². The standard InChI is InChI=1S/C14H15NO3S/c16-9-11-3-1-4-12(7-11)18-10-14(17)15-8-13-5-2-6-19-13/h1-7,16H,8-10H2,(H,15,17). The van der Waals surface area contributed by atoms with Gasteiger partial charge in [0.15, 0.2) is 6.61 Å². The number of thiophene rings is 1. The Balaban J connectivity index is 1.76. The number of benzene rings is 1. The summed E-state index contributed by atoms with van der Waals surface area (Å²) in [5.74, 6) is 0.417. The molecule has 1 amide bonds. The predicted octanol–water partition coefficient (Wildman–Crippen LogP) is 1.94. The quantitative estimate of drug-likeness (QED) is 0.848. The van der Waals surface area contributed by atoms with Gasteiger partial charge in [-0.25, -0.2) is 0 Å². The van der Waals surface area contributed by atoms with Crippen molar-refractivity contribution in [2.45, 2.75) is 13.2 Å². The van der Waals surface area contributed by atoms with Gasteiger partial charge < -0.3 is 15.2 Å². The first-order chi connectivity index (χ1) is 9.28. The Morgan fingerprint density at radius 1 is 1.32 bits per heavy atom. The van der Waals surface area contributed by atoms with Gasteiger partial charge in [0.1, 0.15) is 5.75 Å². The first-order valence-electron chi connectivity index (χ1n) is 5.89. The van der Waals surface area contributed by atoms with Crippen molar-refractivity contribution in [3.8, 4) is 5.75 Å². The van der Waals surface area contributed by atoms with E-state index in [1.807, 2.05) is 17.5 Å². The number of carbonyl (C=O) groups excluding carboxylic acids is 1. The second kappa shape index (κ2) is 6.92. The van der Waals surface area contributed by atoms with Crippen LogP contribution in [-0.2, 0) is 17.9 Å². The van der Waals surface area contributed by atoms with Gasteiger partial charge in [0.25, 0.3) is 5.91 Å². The third-order valence-electron chi connectivity index (χ3n) is 2.49. The van der Waals surface area contributed by atoms with E-state index in [4.69, 9.17) is 9.84 Å². The van der Waals surface area contributed by atoms with E-state index >= 15 is 0 Å². The van der Waals surface area contributed by atoms with Crippen molar-refractivity contribution in [2.24, 2.45) is 0 Å². The van der Waals surface area contributed by atoms with Crippen molar-refractivity contribution in [1.29, 1.82) is 0 Å². The normalized spacial score (nSPS) is 10.2. The van der Waals surface area contributed by atoms with E-state index in [0.717, 1.165) is 10.4 Å². The lowest BCUT2D eigenvalue weighted by atomic mass is 10.2. The fourth-order valence-corrected chi connectivity index (χ4v) is 2.18. The average molecular weight is 277 g/mol. The monoisotopic (exact) mass is 277 g/mol. The van der Waals surface area contributed by atoms with Crippen LogP contribution in [0.15, 0.2) is 41.8 Å². The summed E-state index contributed by atoms with van der Waals surface area (Å²) in [5, 5.41) is 13.7. The molecule has 0 saturated carbocycles. The van der Waals surface area contributed by atoms with Crippen LogP contribution in [0.4, 0.5) is 0 Å². The maximum absolute atomic E-state index is 11.6. The molecule has 2 aromatic rings. The lowest BCUT2D eigenvalue weighted by molar-refractivity contribution is -0.123. The van der Waals surface area contributed by atoms with Gasteiger partial charge in [-0.1, -0.05) is 18.2 Å². The lowest BCUT2D eigenvalue weighted by Crippen LogP contribution is -2.28. The molecule has 100 valence electrons. The van der Waals surface area contributed by atoms with Crippen molar-refractivity contribution in [2.75, 3.05) is 6.61 Å². The molecule has 0 saturated heterocycles. The molecule has 2 rings (SSSR count). The Hall–Kier alpha value is -1.85. The minimum atomic E-state index is -0.164. The van der Waals surface area contributed by atoms with E-state index in [2.05, 4.69) is 5.32 Å². The zero-order valence-corrected chi connectivity index (χ0v) is 11.2. The van der Waals surface area contributed by atoms with E-state index in [0.29, 0.717) is 12.3 Å². The van der Waals surface area contributed by atoms with Crippen LogP contribution in [0.3, 0.4) is 0 Å². The first-order valence-corrected chi connectivity index (χ1v) is 6.77. The molecule has 1 aromatic carbocycles. The van der Waals surface area contributed by atoms with Crippen LogP contribution in [0.1, 0.15) is 10.4 Å². The summed E-state index contributed by atoms with van der Waals surface area (Å²) in [6, 6.07) is 11.0. The number of rotatable bonds is 6. The highest BCUT2D eigenvalue weighted by Gasteiger charge is 2.03. The minimum absolute atomic E-state index is 0.0275. The smallest absolute Gasteiger partial charge is 0.258 e. The van der Waals surface area contributed by atoms with E-state index < -0.39 is 0 Å². The maximum Gasteiger partial charge on any atom is 0.258 e. The van der Waals surface area contributed by atoms with Gasteiger partial charge in [-0.15, -0.1) is 11.3 Å². The SMILES string of the molecule is O=C(COc1cccc(CO)c1)NCc1cccs1. The van der Waals surface area contributed by atoms with Crippen molar-refractivity contribution in [3.63, 3.8) is 0 Å². The van der Waals surface area contributed by atoms with Crippen LogP contribution < -0.4 is 10.1 Å². The highest BCUT2D eigenvalue weighted by Crippen LogP contribution is 2.13. The third kappa shape index (κ3) is 4.39. The van der Waals surface area contributed by atoms with Crippen LogP contribution in [0.2, 0.25) is 0 Å². The Labute approximate surface area is 115 Å². The molecule has 0 aliphatic heterocycles. The molecule has 19 heavy (non-hydrogen) atoms. The van der Waals surface area contributed by atoms with E-state index in [-0.39, 0.29) is 19.1 Å². The molecule has 0 radical (unpaired) electrons. The molecular formula is C14H15NO3S. The van der Waals surface area contributed by atoms with Crippen LogP contribution in [0.25, 0.3) is 0 Å². The number of carbonyl (C=O) groups is 1. The number of hydrogen-bond donors (Lipinski definition) is 2. The van der Waals surface area contributed by atoms with Crippen molar-refractivity contribution >= 4 is 17.2 Å². The fourth-order valence-electron chi connectivity index (χ4n) is 1.53. The molecule has 0 bridgehead atoms. The van der Waals surface area contributed by atoms with Crippen LogP contribution in [0.5, 0.6) is 5.75 Å². The van der Waals surface area contributed by atoms with Gasteiger partial charge in [-0.05, 0) is 29.1 Å². The summed E-state index contributed by atoms with van der Waals surface area (Å²) in [5.41, 5.74) is 0.761. The molecular weight excluding hydrogens is 262 g/mol. The van der Waals surface area contributed by atoms with E-state index in [9.17, 15) is 4.79 Å². The summed E-state index contributed by atoms with van der Waals surface area (Å²) in [6.45, 7) is 0.457. The third-order valence-corrected chi connectivity index (χ3v) is 3.37. The Kier molecular flexibility index (Phi) is 4.94. The number of hydrogen-bond acceptors (Lipinski definition) is 4. The molecule has 0 atom stereocenters. The Morgan fingerprint density at radius 3 is 2.95 bits per heavy atom. The topological polar surface area (TPSA) is 58.6 Å². The van der Waals surface area contributed by atoms with Gasteiger partial charge in [0.05, 0.1) is 13.2 Å². The van der Waals surface area contributed by atoms with Crippen molar-refractivity contribution < 1.29 is 14.6 Å². The predicted molar refractivity (Wildman–Crippen MR) is 74.0 cm³/mol. The molecule has 0 spiro atoms. The van der Waals surface area contributed by atoms with Gasteiger partial charge in [0, 0.05) is 4.88 Å². The summed E-state index contributed by atoms with van der Waals surface area (Å²) in [4.78, 5) is 12.7. The first kappa shape index (κ1) is 13.6. The fraction of sp³-hybridized carbons (Fsp3) is 0.214. The summed E-state index contributed by atoms with van der Waals surface area (Å²) < 4.78 is 5.36. The lowest BCUT2D eigenvalue weighted by Gasteiger charge is -2.07. The number of amides is 1. The molecule has 1 aromatic heterocycles. The number of aliphatic hydroxyl groups excluding tert-OH is 1. The highest BCUT2D eigenvalue weighted by molar-refractivity contribution is 7.09. The van der Waals surface area contributed by atoms with Gasteiger partial charge in [-0.3, -0.25) is 4.79 Å². The zero-order valence-electron chi connectivity index (χ0n) is 10.3. The highest BCUT2D eigenvalue weighted by atomic mass is 32.1. The molecule has 4 nitrogen and oxygen atoms in total. The van der Waals surface area contributed by atoms with Crippen molar-refractivity contribution in [3.05, 3.63) is 52.2 Å². The molecule has 0 aliphatic carbocycles. The second-order valence-electron chi connectivity index (χ2n) is 3.95. The zero-order chi connectivity index (χ0) is 13.5. The van der Waals surface area contributed by atoms with Gasteiger partial charge >= 0.3 is 0 Å². The van der Waals surface area contributed by atoms with Crippen LogP contribution in [0, 0.1) is 0 Å². The summed E-state index contributed by atoms with van der Waals surface area (Å²) >= 11 is 1.60. The molecule has 2 N–H and O–H groups in total. The van der Waals surface area contributed by atoms with E-state index in [1.54, 1.807) is 35.6 Å². The van der Waals surface area contributed by atoms with Gasteiger partial charge in [-0.2, -0.15) is 0 Å². The number of aliphatic hydroxyl groups is 1. The number of nitrogens with one attached hydrogen (secondary N) is 1. The summed E-state index contributed by atoms with van der Waals surface area (Å²) in [6.07, 6.45) is 0. The van der Waals surface area contributed by atoms with Gasteiger partial charge in [0.2, 0.25) is 0 Å². The largest absolute Gasteiger partial charge is 0.484 e. The maximum atomic E-state index is 11.6. The summed E-state index contributed by atoms with van der Waals surface area (Å²) in [7, 11) is 0. The minimum Gasteiger partial charge on any atom is -0.484 e. The van der Waals surface area contributed by atoms with Crippen LogP contribution in [-0.4, -0.2) is 17.6 Å². The second-order valence-corrected chi connectivity index (χ2v) is 4.98. The Morgan fingerprint density at radius 2 is 2.21 bits per heavy atom. The number of ether oxygens (including phenoxy) is 1. The molecule has 0 unspecified atom stereocenters. The molecule has 5 heteroatoms.